The summed E-state index contributed by atoms with van der Waals surface area (Å²) in [6, 6.07) is 13.5. The fourth-order valence-corrected chi connectivity index (χ4v) is 3.18. The summed E-state index contributed by atoms with van der Waals surface area (Å²) in [5, 5.41) is 13.4. The highest BCUT2D eigenvalue weighted by Gasteiger charge is 2.20. The van der Waals surface area contributed by atoms with Gasteiger partial charge in [-0.25, -0.2) is 4.68 Å². The molecule has 2 aromatic carbocycles. The number of aliphatic imine (C=N–C) groups is 1. The molecule has 2 heterocycles. The van der Waals surface area contributed by atoms with E-state index >= 15 is 0 Å². The van der Waals surface area contributed by atoms with E-state index in [1.54, 1.807) is 6.08 Å². The maximum atomic E-state index is 12.5. The summed E-state index contributed by atoms with van der Waals surface area (Å²) in [6.07, 6.45) is 1.70. The van der Waals surface area contributed by atoms with Crippen LogP contribution in [0, 0.1) is 13.8 Å². The number of allylic oxidation sites excluding steroid dienone is 1. The zero-order valence-corrected chi connectivity index (χ0v) is 14.9. The number of H-pyrrole nitrogens is 1. The molecule has 0 saturated heterocycles. The number of aromatic hydroxyl groups is 1. The topological polar surface area (TPSA) is 70.4 Å². The molecule has 0 fully saturated rings. The maximum Gasteiger partial charge on any atom is 0.275 e. The molecule has 130 valence electrons. The zero-order valence-electron chi connectivity index (χ0n) is 14.9. The fourth-order valence-electron chi connectivity index (χ4n) is 3.18. The van der Waals surface area contributed by atoms with Crippen molar-refractivity contribution in [3.63, 3.8) is 0 Å². The van der Waals surface area contributed by atoms with Crippen LogP contribution in [-0.2, 0) is 0 Å². The number of fused-ring (bicyclic) bond motifs is 1. The number of nitrogens with zero attached hydrogens (tertiary/aromatic N) is 2. The van der Waals surface area contributed by atoms with Crippen molar-refractivity contribution in [3.8, 4) is 11.6 Å². The van der Waals surface area contributed by atoms with Crippen LogP contribution in [0.2, 0.25) is 0 Å². The number of aryl methyl sites for hydroxylation is 2. The van der Waals surface area contributed by atoms with E-state index in [1.807, 2.05) is 63.2 Å². The van der Waals surface area contributed by atoms with Crippen molar-refractivity contribution in [2.75, 3.05) is 0 Å². The van der Waals surface area contributed by atoms with Gasteiger partial charge in [0.1, 0.15) is 5.56 Å². The first-order valence-electron chi connectivity index (χ1n) is 8.44. The van der Waals surface area contributed by atoms with Gasteiger partial charge in [-0.2, -0.15) is 0 Å². The van der Waals surface area contributed by atoms with Crippen molar-refractivity contribution >= 4 is 23.0 Å². The number of para-hydroxylation sites is 1. The number of hydrogen-bond donors (Lipinski definition) is 2. The van der Waals surface area contributed by atoms with Crippen LogP contribution in [0.4, 0.5) is 5.69 Å². The molecule has 26 heavy (non-hydrogen) atoms. The molecule has 3 aromatic rings. The van der Waals surface area contributed by atoms with Crippen LogP contribution in [-0.4, -0.2) is 20.6 Å². The van der Waals surface area contributed by atoms with E-state index in [9.17, 15) is 9.90 Å². The number of nitrogens with one attached hydrogen (secondary N) is 1. The average molecular weight is 345 g/mol. The van der Waals surface area contributed by atoms with Gasteiger partial charge in [-0.3, -0.25) is 14.9 Å². The third kappa shape index (κ3) is 2.49. The van der Waals surface area contributed by atoms with Crippen LogP contribution in [0.3, 0.4) is 0 Å². The molecule has 1 aliphatic heterocycles. The summed E-state index contributed by atoms with van der Waals surface area (Å²) in [7, 11) is 0. The van der Waals surface area contributed by atoms with Crippen molar-refractivity contribution in [1.29, 1.82) is 0 Å². The molecule has 1 aliphatic rings. The molecule has 5 heteroatoms. The van der Waals surface area contributed by atoms with Gasteiger partial charge in [0.05, 0.1) is 11.4 Å². The Kier molecular flexibility index (Phi) is 3.65. The molecule has 1 aromatic heterocycles. The first-order valence-corrected chi connectivity index (χ1v) is 8.44. The van der Waals surface area contributed by atoms with E-state index in [-0.39, 0.29) is 17.0 Å². The molecule has 0 saturated carbocycles. The number of rotatable bonds is 2. The number of aromatic nitrogens is 2. The molecule has 0 bridgehead atoms. The molecule has 4 rings (SSSR count). The molecule has 0 amide bonds. The number of aromatic amines is 1. The van der Waals surface area contributed by atoms with Crippen LogP contribution in [0.5, 0.6) is 5.88 Å². The standard InChI is InChI=1S/C21H19N3O2/c1-12-8-9-15(10-13(12)2)24-21(26)18(20(25)23-24)11-17-14(3)22-19-7-5-4-6-16(17)19/h4-11,26H,1-3H3,(H,23,25). The summed E-state index contributed by atoms with van der Waals surface area (Å²) in [4.78, 5) is 17.0. The summed E-state index contributed by atoms with van der Waals surface area (Å²) < 4.78 is 1.41. The molecular formula is C21H19N3O2. The third-order valence-corrected chi connectivity index (χ3v) is 4.82. The minimum Gasteiger partial charge on any atom is -0.493 e. The zero-order chi connectivity index (χ0) is 18.4. The van der Waals surface area contributed by atoms with Gasteiger partial charge in [0.2, 0.25) is 5.88 Å². The van der Waals surface area contributed by atoms with Gasteiger partial charge >= 0.3 is 0 Å². The van der Waals surface area contributed by atoms with E-state index in [1.165, 1.54) is 4.68 Å². The Labute approximate surface area is 150 Å². The van der Waals surface area contributed by atoms with Gasteiger partial charge in [-0.05, 0) is 56.2 Å². The first-order chi connectivity index (χ1) is 12.5. The highest BCUT2D eigenvalue weighted by atomic mass is 16.3. The van der Waals surface area contributed by atoms with Crippen LogP contribution < -0.4 is 5.56 Å². The second-order valence-electron chi connectivity index (χ2n) is 6.55. The van der Waals surface area contributed by atoms with Gasteiger partial charge in [-0.1, -0.05) is 24.3 Å². The van der Waals surface area contributed by atoms with E-state index in [0.29, 0.717) is 5.69 Å². The normalized spacial score (nSPS) is 14.6. The third-order valence-electron chi connectivity index (χ3n) is 4.82. The van der Waals surface area contributed by atoms with Crippen molar-refractivity contribution in [2.45, 2.75) is 20.8 Å². The van der Waals surface area contributed by atoms with Gasteiger partial charge in [0.15, 0.2) is 0 Å². The Bertz CT molecular complexity index is 1150. The van der Waals surface area contributed by atoms with Crippen LogP contribution >= 0.6 is 0 Å². The number of benzene rings is 2. The lowest BCUT2D eigenvalue weighted by Crippen LogP contribution is -2.06. The second kappa shape index (κ2) is 5.88. The summed E-state index contributed by atoms with van der Waals surface area (Å²) in [5.41, 5.74) is 6.34. The molecule has 5 nitrogen and oxygen atoms in total. The minimum atomic E-state index is -0.342. The monoisotopic (exact) mass is 345 g/mol. The Balaban J connectivity index is 1.85. The average Bonchev–Trinajstić information content (AvgIpc) is 3.08. The molecule has 0 unspecified atom stereocenters. The highest BCUT2D eigenvalue weighted by Crippen LogP contribution is 2.36. The van der Waals surface area contributed by atoms with E-state index < -0.39 is 0 Å². The lowest BCUT2D eigenvalue weighted by Gasteiger charge is -2.07. The van der Waals surface area contributed by atoms with E-state index in [4.69, 9.17) is 0 Å². The van der Waals surface area contributed by atoms with E-state index in [2.05, 4.69) is 10.1 Å². The van der Waals surface area contributed by atoms with Crippen LogP contribution in [0.1, 0.15) is 29.2 Å². The van der Waals surface area contributed by atoms with Gasteiger partial charge < -0.3 is 5.11 Å². The first kappa shape index (κ1) is 16.1. The summed E-state index contributed by atoms with van der Waals surface area (Å²) in [5.74, 6) is -0.108. The Morgan fingerprint density at radius 2 is 1.85 bits per heavy atom. The minimum absolute atomic E-state index is 0.108. The van der Waals surface area contributed by atoms with Crippen molar-refractivity contribution in [3.05, 3.63) is 75.1 Å². The second-order valence-corrected chi connectivity index (χ2v) is 6.55. The SMILES string of the molecule is CC1=Nc2ccccc2C1=Cc1c(O)n(-c2ccc(C)c(C)c2)[nH]c1=O. The molecule has 0 radical (unpaired) electrons. The molecule has 0 atom stereocenters. The highest BCUT2D eigenvalue weighted by molar-refractivity contribution is 6.31. The molecule has 0 aliphatic carbocycles. The fraction of sp³-hybridized carbons (Fsp3) is 0.143. The smallest absolute Gasteiger partial charge is 0.275 e. The van der Waals surface area contributed by atoms with Crippen molar-refractivity contribution < 1.29 is 5.11 Å². The van der Waals surface area contributed by atoms with Crippen molar-refractivity contribution in [1.82, 2.24) is 9.78 Å². The van der Waals surface area contributed by atoms with Gasteiger partial charge in [-0.15, -0.1) is 0 Å². The van der Waals surface area contributed by atoms with Crippen molar-refractivity contribution in [2.24, 2.45) is 4.99 Å². The Morgan fingerprint density at radius 1 is 1.08 bits per heavy atom. The van der Waals surface area contributed by atoms with Crippen LogP contribution in [0.25, 0.3) is 17.3 Å². The lowest BCUT2D eigenvalue weighted by atomic mass is 10.0. The Morgan fingerprint density at radius 3 is 2.62 bits per heavy atom. The summed E-state index contributed by atoms with van der Waals surface area (Å²) >= 11 is 0. The quantitative estimate of drug-likeness (QED) is 0.733. The van der Waals surface area contributed by atoms with E-state index in [0.717, 1.165) is 33.7 Å². The molecule has 2 N–H and O–H groups in total. The summed E-state index contributed by atoms with van der Waals surface area (Å²) in [6.45, 7) is 5.92. The molecule has 0 spiro atoms. The predicted molar refractivity (Wildman–Crippen MR) is 105 cm³/mol. The maximum absolute atomic E-state index is 12.5. The Hall–Kier alpha value is -3.34. The lowest BCUT2D eigenvalue weighted by molar-refractivity contribution is 0.432. The van der Waals surface area contributed by atoms with Gasteiger partial charge in [0.25, 0.3) is 5.56 Å². The number of hydrogen-bond acceptors (Lipinski definition) is 3. The van der Waals surface area contributed by atoms with Crippen LogP contribution in [0.15, 0.2) is 52.3 Å². The van der Waals surface area contributed by atoms with Gasteiger partial charge in [0, 0.05) is 16.8 Å². The molecular weight excluding hydrogens is 326 g/mol. The largest absolute Gasteiger partial charge is 0.493 e. The predicted octanol–water partition coefficient (Wildman–Crippen LogP) is 4.13.